The maximum atomic E-state index is 13.6. The van der Waals surface area contributed by atoms with Gasteiger partial charge in [0.05, 0.1) is 6.54 Å². The Bertz CT molecular complexity index is 1060. The van der Waals surface area contributed by atoms with Crippen molar-refractivity contribution in [3.8, 4) is 0 Å². The van der Waals surface area contributed by atoms with Crippen LogP contribution in [0.4, 0.5) is 22.0 Å². The number of fused-ring (bicyclic) bond motifs is 1. The molecule has 0 amide bonds. The van der Waals surface area contributed by atoms with E-state index in [-0.39, 0.29) is 23.0 Å². The molecule has 0 atom stereocenters. The molecule has 26 heavy (non-hydrogen) atoms. The monoisotopic (exact) mass is 413 g/mol. The van der Waals surface area contributed by atoms with Gasteiger partial charge in [0.2, 0.25) is 5.76 Å². The van der Waals surface area contributed by atoms with Crippen molar-refractivity contribution in [1.82, 2.24) is 14.1 Å². The number of hydrogen-bond acceptors (Lipinski definition) is 4. The lowest BCUT2D eigenvalue weighted by atomic mass is 10.2. The van der Waals surface area contributed by atoms with E-state index >= 15 is 0 Å². The van der Waals surface area contributed by atoms with E-state index in [0.717, 1.165) is 20.5 Å². The first-order valence-corrected chi connectivity index (χ1v) is 8.18. The maximum absolute atomic E-state index is 13.6. The zero-order valence-electron chi connectivity index (χ0n) is 12.6. The third-order valence-electron chi connectivity index (χ3n) is 3.66. The summed E-state index contributed by atoms with van der Waals surface area (Å²) in [6.07, 6.45) is -0.346. The lowest BCUT2D eigenvalue weighted by Crippen LogP contribution is -2.46. The van der Waals surface area contributed by atoms with E-state index < -0.39 is 28.8 Å². The van der Waals surface area contributed by atoms with Crippen molar-refractivity contribution in [1.29, 1.82) is 0 Å². The third kappa shape index (κ3) is 2.94. The van der Waals surface area contributed by atoms with Crippen LogP contribution in [-0.2, 0) is 13.1 Å². The summed E-state index contributed by atoms with van der Waals surface area (Å²) in [5.74, 6) is -7.89. The topological polar surface area (TPSA) is 60.0 Å². The molecule has 0 unspecified atom stereocenters. The van der Waals surface area contributed by atoms with Crippen LogP contribution in [0, 0.1) is 0 Å². The van der Waals surface area contributed by atoms with Gasteiger partial charge in [0.1, 0.15) is 5.48 Å². The van der Waals surface area contributed by atoms with Gasteiger partial charge in [-0.15, -0.1) is 11.3 Å². The molecule has 0 aromatic carbocycles. The molecular weight excluding hydrogens is 405 g/mol. The lowest BCUT2D eigenvalue weighted by Gasteiger charge is -2.18. The molecule has 0 aliphatic carbocycles. The highest BCUT2D eigenvalue weighted by Crippen LogP contribution is 2.40. The Balaban J connectivity index is 2.30. The van der Waals surface area contributed by atoms with Crippen LogP contribution in [0.15, 0.2) is 23.1 Å². The Morgan fingerprint density at radius 3 is 2.62 bits per heavy atom. The van der Waals surface area contributed by atoms with Crippen LogP contribution in [0.2, 0.25) is 4.47 Å². The minimum atomic E-state index is -6.04. The van der Waals surface area contributed by atoms with Gasteiger partial charge >= 0.3 is 12.1 Å². The minimum Gasteiger partial charge on any atom is -0.504 e. The van der Waals surface area contributed by atoms with Gasteiger partial charge in [-0.25, -0.2) is 4.98 Å². The van der Waals surface area contributed by atoms with Gasteiger partial charge in [-0.05, 0) is 6.08 Å². The van der Waals surface area contributed by atoms with Gasteiger partial charge < -0.3 is 9.67 Å². The largest absolute Gasteiger partial charge is 0.504 e. The summed E-state index contributed by atoms with van der Waals surface area (Å²) in [7, 11) is 0. The Hall–Kier alpha value is -2.14. The van der Waals surface area contributed by atoms with Gasteiger partial charge in [-0.3, -0.25) is 9.36 Å². The zero-order valence-corrected chi connectivity index (χ0v) is 14.2. The van der Waals surface area contributed by atoms with E-state index in [1.807, 2.05) is 0 Å². The van der Waals surface area contributed by atoms with Crippen LogP contribution in [-0.4, -0.2) is 31.3 Å². The number of nitrogens with zero attached hydrogens (tertiary/aromatic N) is 3. The van der Waals surface area contributed by atoms with Crippen molar-refractivity contribution < 1.29 is 27.1 Å². The minimum absolute atomic E-state index is 0.0709. The van der Waals surface area contributed by atoms with E-state index in [1.165, 1.54) is 24.4 Å². The molecule has 3 heterocycles. The average Bonchev–Trinajstić information content (AvgIpc) is 3.08. The summed E-state index contributed by atoms with van der Waals surface area (Å²) in [5.41, 5.74) is -1.10. The van der Waals surface area contributed by atoms with E-state index in [0.29, 0.717) is 4.88 Å². The van der Waals surface area contributed by atoms with Crippen molar-refractivity contribution in [3.63, 3.8) is 0 Å². The second-order valence-corrected chi connectivity index (χ2v) is 7.00. The second kappa shape index (κ2) is 6.23. The van der Waals surface area contributed by atoms with E-state index in [1.54, 1.807) is 0 Å². The molecule has 140 valence electrons. The van der Waals surface area contributed by atoms with E-state index in [4.69, 9.17) is 11.6 Å². The number of thiazole rings is 1. The van der Waals surface area contributed by atoms with Crippen molar-refractivity contribution >= 4 is 34.8 Å². The normalized spacial score (nSPS) is 15.6. The summed E-state index contributed by atoms with van der Waals surface area (Å²) in [5, 5.41) is 8.54. The van der Waals surface area contributed by atoms with Crippen LogP contribution in [0.25, 0.3) is 11.8 Å². The maximum Gasteiger partial charge on any atom is 0.461 e. The Labute approximate surface area is 150 Å². The Morgan fingerprint density at radius 1 is 1.35 bits per heavy atom. The molecule has 1 N–H and O–H groups in total. The van der Waals surface area contributed by atoms with E-state index in [2.05, 4.69) is 4.98 Å². The molecule has 0 saturated carbocycles. The number of allylic oxidation sites excluding steroid dienone is 2. The molecule has 1 aliphatic heterocycles. The number of rotatable bonds is 3. The highest BCUT2D eigenvalue weighted by atomic mass is 35.5. The van der Waals surface area contributed by atoms with Crippen molar-refractivity contribution in [2.45, 2.75) is 25.2 Å². The summed E-state index contributed by atoms with van der Waals surface area (Å²) in [6.45, 7) is -0.293. The first kappa shape index (κ1) is 18.6. The molecule has 0 radical (unpaired) electrons. The van der Waals surface area contributed by atoms with Gasteiger partial charge in [-0.1, -0.05) is 23.8 Å². The molecule has 2 aromatic heterocycles. The van der Waals surface area contributed by atoms with Crippen LogP contribution in [0.1, 0.15) is 4.88 Å². The van der Waals surface area contributed by atoms with Crippen LogP contribution in [0.5, 0.6) is 0 Å². The van der Waals surface area contributed by atoms with Crippen molar-refractivity contribution in [2.24, 2.45) is 0 Å². The summed E-state index contributed by atoms with van der Waals surface area (Å²) < 4.78 is 67.0. The molecule has 12 heteroatoms. The molecule has 5 nitrogen and oxygen atoms in total. The van der Waals surface area contributed by atoms with Gasteiger partial charge in [0, 0.05) is 17.6 Å². The number of aromatic nitrogens is 3. The lowest BCUT2D eigenvalue weighted by molar-refractivity contribution is -0.261. The number of imidazole rings is 1. The molecule has 0 bridgehead atoms. The van der Waals surface area contributed by atoms with E-state index in [9.17, 15) is 31.9 Å². The van der Waals surface area contributed by atoms with Gasteiger partial charge in [-0.2, -0.15) is 22.0 Å². The Morgan fingerprint density at radius 2 is 2.04 bits per heavy atom. The summed E-state index contributed by atoms with van der Waals surface area (Å²) in [6, 6.07) is 0. The molecule has 2 aromatic rings. The SMILES string of the molecule is O=c1c(=C(O)C(F)(F)C(F)(F)F)n2c(n1Cc1cnc(Cl)s1)=CC=CC2. The zero-order chi connectivity index (χ0) is 19.3. The van der Waals surface area contributed by atoms with Crippen LogP contribution >= 0.6 is 22.9 Å². The second-order valence-electron chi connectivity index (χ2n) is 5.30. The first-order valence-electron chi connectivity index (χ1n) is 6.98. The van der Waals surface area contributed by atoms with Gasteiger partial charge in [0.15, 0.2) is 9.82 Å². The van der Waals surface area contributed by atoms with Crippen molar-refractivity contribution in [3.05, 3.63) is 48.9 Å². The predicted molar refractivity (Wildman–Crippen MR) is 84.8 cm³/mol. The molecule has 3 rings (SSSR count). The number of hydrogen-bond donors (Lipinski definition) is 1. The van der Waals surface area contributed by atoms with Gasteiger partial charge in [0.25, 0.3) is 5.56 Å². The summed E-state index contributed by atoms with van der Waals surface area (Å²) >= 11 is 6.73. The highest BCUT2D eigenvalue weighted by molar-refractivity contribution is 7.15. The highest BCUT2D eigenvalue weighted by Gasteiger charge is 2.61. The quantitative estimate of drug-likeness (QED) is 0.783. The summed E-state index contributed by atoms with van der Waals surface area (Å²) in [4.78, 5) is 16.8. The molecule has 0 saturated heterocycles. The van der Waals surface area contributed by atoms with Crippen molar-refractivity contribution in [2.75, 3.05) is 0 Å². The van der Waals surface area contributed by atoms with Crippen LogP contribution in [0.3, 0.4) is 0 Å². The number of alkyl halides is 5. The smallest absolute Gasteiger partial charge is 0.461 e. The number of aliphatic hydroxyl groups excluding tert-OH is 1. The molecule has 0 spiro atoms. The fourth-order valence-electron chi connectivity index (χ4n) is 2.47. The predicted octanol–water partition coefficient (Wildman–Crippen LogP) is 2.02. The standard InChI is InChI=1S/C14H9ClF5N3O2S/c15-12-21-5-7(26-12)6-23-8-3-1-2-4-22(8)9(11(23)25)10(24)13(16,17)14(18,19)20/h1-3,5,24H,4,6H2. The number of aliphatic hydroxyl groups is 1. The first-order chi connectivity index (χ1) is 12.0. The molecule has 1 aliphatic rings. The number of halogens is 6. The average molecular weight is 414 g/mol. The third-order valence-corrected chi connectivity index (χ3v) is 4.76. The van der Waals surface area contributed by atoms with Crippen LogP contribution < -0.4 is 16.4 Å². The molecular formula is C14H9ClF5N3O2S. The fraction of sp³-hybridized carbons (Fsp3) is 0.286. The Kier molecular flexibility index (Phi) is 4.47. The molecule has 0 fully saturated rings. The fourth-order valence-corrected chi connectivity index (χ4v) is 3.44.